The van der Waals surface area contributed by atoms with Gasteiger partial charge in [0, 0.05) is 32.0 Å². The number of carbonyl (C=O) groups is 1. The van der Waals surface area contributed by atoms with Gasteiger partial charge in [-0.3, -0.25) is 14.0 Å². The van der Waals surface area contributed by atoms with Crippen molar-refractivity contribution in [2.45, 2.75) is 13.3 Å². The second kappa shape index (κ2) is 9.30. The normalized spacial score (nSPS) is 10.4. The number of fused-ring (bicyclic) bond motifs is 1. The van der Waals surface area contributed by atoms with Gasteiger partial charge in [0.1, 0.15) is 11.2 Å². The van der Waals surface area contributed by atoms with Crippen LogP contribution in [-0.4, -0.2) is 39.8 Å². The van der Waals surface area contributed by atoms with Crippen molar-refractivity contribution in [2.24, 2.45) is 5.73 Å². The summed E-state index contributed by atoms with van der Waals surface area (Å²) in [5.41, 5.74) is 7.95. The standard InChI is InChI=1S/C20H22N4O2.ClH/c1-15-7-8-18-22-13-17(20(26)24(18)14-15)19(25)23(12-10-21)11-9-16-5-3-2-4-6-16;/h2-8,13-14H,9-12,21H2,1H3;1H. The lowest BCUT2D eigenvalue weighted by Crippen LogP contribution is -2.40. The Morgan fingerprint density at radius 3 is 2.59 bits per heavy atom. The van der Waals surface area contributed by atoms with Gasteiger partial charge in [-0.1, -0.05) is 36.4 Å². The minimum absolute atomic E-state index is 0. The molecule has 0 bridgehead atoms. The summed E-state index contributed by atoms with van der Waals surface area (Å²) in [6.07, 6.45) is 3.76. The topological polar surface area (TPSA) is 80.7 Å². The van der Waals surface area contributed by atoms with E-state index < -0.39 is 0 Å². The van der Waals surface area contributed by atoms with E-state index >= 15 is 0 Å². The molecule has 3 aromatic rings. The van der Waals surface area contributed by atoms with Crippen molar-refractivity contribution in [2.75, 3.05) is 19.6 Å². The lowest BCUT2D eigenvalue weighted by molar-refractivity contribution is 0.0759. The summed E-state index contributed by atoms with van der Waals surface area (Å²) in [4.78, 5) is 31.5. The number of pyridine rings is 1. The number of hydrogen-bond donors (Lipinski definition) is 1. The van der Waals surface area contributed by atoms with Crippen molar-refractivity contribution in [1.82, 2.24) is 14.3 Å². The molecule has 1 aromatic carbocycles. The molecule has 142 valence electrons. The molecule has 2 N–H and O–H groups in total. The van der Waals surface area contributed by atoms with Gasteiger partial charge in [-0.2, -0.15) is 0 Å². The van der Waals surface area contributed by atoms with Crippen LogP contribution in [0.5, 0.6) is 0 Å². The Morgan fingerprint density at radius 2 is 1.89 bits per heavy atom. The first-order valence-corrected chi connectivity index (χ1v) is 8.61. The van der Waals surface area contributed by atoms with Gasteiger partial charge in [0.2, 0.25) is 0 Å². The van der Waals surface area contributed by atoms with Crippen molar-refractivity contribution in [3.05, 3.63) is 81.9 Å². The van der Waals surface area contributed by atoms with Crippen molar-refractivity contribution >= 4 is 24.0 Å². The molecule has 0 saturated heterocycles. The van der Waals surface area contributed by atoms with Gasteiger partial charge in [-0.15, -0.1) is 12.4 Å². The molecule has 2 aromatic heterocycles. The lowest BCUT2D eigenvalue weighted by atomic mass is 10.1. The minimum Gasteiger partial charge on any atom is -0.337 e. The predicted octanol–water partition coefficient (Wildman–Crippen LogP) is 2.07. The quantitative estimate of drug-likeness (QED) is 0.703. The fraction of sp³-hybridized carbons (Fsp3) is 0.250. The Morgan fingerprint density at radius 1 is 1.15 bits per heavy atom. The van der Waals surface area contributed by atoms with Crippen LogP contribution in [0.25, 0.3) is 5.65 Å². The Hall–Kier alpha value is -2.70. The second-order valence-corrected chi connectivity index (χ2v) is 6.23. The molecule has 0 spiro atoms. The number of amides is 1. The number of nitrogens with zero attached hydrogens (tertiary/aromatic N) is 3. The van der Waals surface area contributed by atoms with E-state index in [2.05, 4.69) is 4.98 Å². The van der Waals surface area contributed by atoms with Crippen LogP contribution in [0.15, 0.2) is 59.7 Å². The minimum atomic E-state index is -0.356. The molecule has 27 heavy (non-hydrogen) atoms. The molecular formula is C20H23ClN4O2. The summed E-state index contributed by atoms with van der Waals surface area (Å²) in [6.45, 7) is 3.11. The molecule has 0 saturated carbocycles. The molecule has 0 radical (unpaired) electrons. The van der Waals surface area contributed by atoms with E-state index in [9.17, 15) is 9.59 Å². The molecule has 0 unspecified atom stereocenters. The van der Waals surface area contributed by atoms with Crippen LogP contribution >= 0.6 is 12.4 Å². The van der Waals surface area contributed by atoms with E-state index in [0.29, 0.717) is 31.7 Å². The first-order chi connectivity index (χ1) is 12.6. The number of carbonyl (C=O) groups excluding carboxylic acids is 1. The van der Waals surface area contributed by atoms with Gasteiger partial charge in [0.05, 0.1) is 0 Å². The Bertz CT molecular complexity index is 973. The average Bonchev–Trinajstić information content (AvgIpc) is 2.66. The van der Waals surface area contributed by atoms with Crippen LogP contribution in [0, 0.1) is 6.92 Å². The largest absolute Gasteiger partial charge is 0.337 e. The molecule has 0 aliphatic heterocycles. The third-order valence-corrected chi connectivity index (χ3v) is 4.28. The first-order valence-electron chi connectivity index (χ1n) is 8.61. The summed E-state index contributed by atoms with van der Waals surface area (Å²) >= 11 is 0. The Kier molecular flexibility index (Phi) is 7.10. The molecule has 7 heteroatoms. The zero-order valence-electron chi connectivity index (χ0n) is 15.2. The molecule has 0 atom stereocenters. The molecule has 0 aliphatic rings. The SMILES string of the molecule is Cc1ccc2ncc(C(=O)N(CCN)CCc3ccccc3)c(=O)n2c1.Cl. The molecule has 3 rings (SSSR count). The van der Waals surface area contributed by atoms with Crippen molar-refractivity contribution in [3.8, 4) is 0 Å². The fourth-order valence-corrected chi connectivity index (χ4v) is 2.88. The highest BCUT2D eigenvalue weighted by Gasteiger charge is 2.20. The van der Waals surface area contributed by atoms with Gasteiger partial charge >= 0.3 is 0 Å². The number of rotatable bonds is 6. The first kappa shape index (κ1) is 20.6. The highest BCUT2D eigenvalue weighted by Crippen LogP contribution is 2.06. The lowest BCUT2D eigenvalue weighted by Gasteiger charge is -2.22. The van der Waals surface area contributed by atoms with Crippen LogP contribution < -0.4 is 11.3 Å². The van der Waals surface area contributed by atoms with E-state index in [0.717, 1.165) is 11.1 Å². The van der Waals surface area contributed by atoms with Crippen molar-refractivity contribution < 1.29 is 4.79 Å². The van der Waals surface area contributed by atoms with E-state index in [-0.39, 0.29) is 29.4 Å². The highest BCUT2D eigenvalue weighted by molar-refractivity contribution is 5.93. The third-order valence-electron chi connectivity index (χ3n) is 4.28. The number of nitrogens with two attached hydrogens (primary N) is 1. The van der Waals surface area contributed by atoms with Gasteiger partial charge in [0.25, 0.3) is 11.5 Å². The van der Waals surface area contributed by atoms with Gasteiger partial charge in [0.15, 0.2) is 0 Å². The number of halogens is 1. The van der Waals surface area contributed by atoms with Crippen LogP contribution in [0.2, 0.25) is 0 Å². The molecule has 1 amide bonds. The maximum atomic E-state index is 12.9. The summed E-state index contributed by atoms with van der Waals surface area (Å²) in [5.74, 6) is -0.334. The van der Waals surface area contributed by atoms with Gasteiger partial charge in [-0.25, -0.2) is 4.98 Å². The molecular weight excluding hydrogens is 364 g/mol. The van der Waals surface area contributed by atoms with Gasteiger partial charge in [-0.05, 0) is 30.5 Å². The third kappa shape index (κ3) is 4.72. The predicted molar refractivity (Wildman–Crippen MR) is 109 cm³/mol. The van der Waals surface area contributed by atoms with Gasteiger partial charge < -0.3 is 10.6 Å². The molecule has 2 heterocycles. The molecule has 0 aliphatic carbocycles. The summed E-state index contributed by atoms with van der Waals surface area (Å²) in [7, 11) is 0. The number of benzene rings is 1. The Labute approximate surface area is 164 Å². The smallest absolute Gasteiger partial charge is 0.270 e. The summed E-state index contributed by atoms with van der Waals surface area (Å²) in [6, 6.07) is 13.6. The summed E-state index contributed by atoms with van der Waals surface area (Å²) < 4.78 is 1.42. The van der Waals surface area contributed by atoms with Crippen molar-refractivity contribution in [3.63, 3.8) is 0 Å². The fourth-order valence-electron chi connectivity index (χ4n) is 2.88. The van der Waals surface area contributed by atoms with E-state index in [1.807, 2.05) is 43.3 Å². The number of aryl methyl sites for hydroxylation is 1. The van der Waals surface area contributed by atoms with E-state index in [4.69, 9.17) is 5.73 Å². The highest BCUT2D eigenvalue weighted by atomic mass is 35.5. The molecule has 6 nitrogen and oxygen atoms in total. The maximum Gasteiger partial charge on any atom is 0.270 e. The zero-order valence-corrected chi connectivity index (χ0v) is 16.0. The van der Waals surface area contributed by atoms with E-state index in [1.165, 1.54) is 10.6 Å². The molecule has 0 fully saturated rings. The summed E-state index contributed by atoms with van der Waals surface area (Å²) in [5, 5.41) is 0. The van der Waals surface area contributed by atoms with E-state index in [1.54, 1.807) is 17.2 Å². The zero-order chi connectivity index (χ0) is 18.5. The van der Waals surface area contributed by atoms with Crippen LogP contribution in [0.4, 0.5) is 0 Å². The maximum absolute atomic E-state index is 12.9. The van der Waals surface area contributed by atoms with Crippen LogP contribution in [0.3, 0.4) is 0 Å². The Balaban J connectivity index is 0.00000261. The second-order valence-electron chi connectivity index (χ2n) is 6.23. The van der Waals surface area contributed by atoms with Crippen molar-refractivity contribution in [1.29, 1.82) is 0 Å². The number of hydrogen-bond acceptors (Lipinski definition) is 4. The van der Waals surface area contributed by atoms with Crippen LogP contribution in [-0.2, 0) is 6.42 Å². The van der Waals surface area contributed by atoms with Crippen LogP contribution in [0.1, 0.15) is 21.5 Å². The average molecular weight is 387 g/mol. The number of aromatic nitrogens is 2. The monoisotopic (exact) mass is 386 g/mol.